The van der Waals surface area contributed by atoms with Crippen molar-refractivity contribution in [3.63, 3.8) is 0 Å². The summed E-state index contributed by atoms with van der Waals surface area (Å²) in [6.07, 6.45) is 1.99. The Balaban J connectivity index is 1.49. The number of likely N-dealkylation sites (tertiary alicyclic amines) is 1. The molecule has 0 saturated carbocycles. The van der Waals surface area contributed by atoms with E-state index >= 15 is 0 Å². The van der Waals surface area contributed by atoms with Crippen LogP contribution in [0.25, 0.3) is 11.1 Å². The maximum absolute atomic E-state index is 13.4. The summed E-state index contributed by atoms with van der Waals surface area (Å²) in [7, 11) is 1.33. The monoisotopic (exact) mass is 510 g/mol. The van der Waals surface area contributed by atoms with Gasteiger partial charge in [-0.2, -0.15) is 5.26 Å². The molecule has 1 aliphatic heterocycles. The van der Waals surface area contributed by atoms with Crippen molar-refractivity contribution < 1.29 is 19.1 Å². The van der Waals surface area contributed by atoms with Crippen LogP contribution in [0.5, 0.6) is 5.75 Å². The van der Waals surface area contributed by atoms with Crippen molar-refractivity contribution in [2.24, 2.45) is 5.41 Å². The molecule has 0 aromatic heterocycles. The summed E-state index contributed by atoms with van der Waals surface area (Å²) >= 11 is 0. The van der Waals surface area contributed by atoms with Crippen LogP contribution in [0, 0.1) is 30.6 Å². The zero-order valence-electron chi connectivity index (χ0n) is 22.5. The molecule has 1 aliphatic rings. The highest BCUT2D eigenvalue weighted by molar-refractivity contribution is 6.04. The summed E-state index contributed by atoms with van der Waals surface area (Å²) in [5.74, 6) is 0.0511. The largest absolute Gasteiger partial charge is 0.491 e. The third kappa shape index (κ3) is 5.43. The first-order chi connectivity index (χ1) is 18.3. The van der Waals surface area contributed by atoms with E-state index in [-0.39, 0.29) is 11.9 Å². The van der Waals surface area contributed by atoms with Gasteiger partial charge >= 0.3 is 5.97 Å². The fourth-order valence-electron chi connectivity index (χ4n) is 5.25. The summed E-state index contributed by atoms with van der Waals surface area (Å²) in [5, 5.41) is 9.08. The molecule has 0 N–H and O–H groups in total. The molecule has 0 bridgehead atoms. The van der Waals surface area contributed by atoms with Crippen molar-refractivity contribution in [2.45, 2.75) is 46.1 Å². The van der Waals surface area contributed by atoms with Crippen LogP contribution in [-0.4, -0.2) is 43.1 Å². The molecule has 1 saturated heterocycles. The summed E-state index contributed by atoms with van der Waals surface area (Å²) in [4.78, 5) is 27.8. The van der Waals surface area contributed by atoms with Gasteiger partial charge in [0.25, 0.3) is 0 Å². The zero-order valence-corrected chi connectivity index (χ0v) is 22.5. The van der Waals surface area contributed by atoms with Gasteiger partial charge in [0.1, 0.15) is 17.8 Å². The van der Waals surface area contributed by atoms with Gasteiger partial charge in [0.05, 0.1) is 24.8 Å². The topological polar surface area (TPSA) is 79.6 Å². The van der Waals surface area contributed by atoms with Gasteiger partial charge in [-0.25, -0.2) is 0 Å². The first kappa shape index (κ1) is 26.9. The Hall–Kier alpha value is -4.11. The second kappa shape index (κ2) is 11.5. The van der Waals surface area contributed by atoms with E-state index in [0.717, 1.165) is 40.8 Å². The zero-order chi connectivity index (χ0) is 27.3. The van der Waals surface area contributed by atoms with Crippen LogP contribution < -0.4 is 4.74 Å². The quantitative estimate of drug-likeness (QED) is 0.275. The predicted octanol–water partition coefficient (Wildman–Crippen LogP) is 5.63. The van der Waals surface area contributed by atoms with E-state index in [1.807, 2.05) is 61.5 Å². The van der Waals surface area contributed by atoms with Crippen LogP contribution >= 0.6 is 0 Å². The molecule has 6 heteroatoms. The highest BCUT2D eigenvalue weighted by Crippen LogP contribution is 2.38. The lowest BCUT2D eigenvalue weighted by molar-refractivity contribution is -0.157. The molecule has 1 fully saturated rings. The van der Waals surface area contributed by atoms with E-state index in [2.05, 4.69) is 25.1 Å². The fraction of sp³-hybridized carbons (Fsp3) is 0.344. The molecule has 196 valence electrons. The molecular weight excluding hydrogens is 476 g/mol. The van der Waals surface area contributed by atoms with Crippen molar-refractivity contribution in [1.29, 1.82) is 5.26 Å². The summed E-state index contributed by atoms with van der Waals surface area (Å²) in [6, 6.07) is 23.6. The van der Waals surface area contributed by atoms with Crippen molar-refractivity contribution in [2.75, 3.05) is 20.3 Å². The Kier molecular flexibility index (Phi) is 8.16. The minimum Gasteiger partial charge on any atom is -0.491 e. The van der Waals surface area contributed by atoms with E-state index in [1.54, 1.807) is 11.8 Å². The number of nitriles is 1. The predicted molar refractivity (Wildman–Crippen MR) is 147 cm³/mol. The lowest BCUT2D eigenvalue weighted by atomic mass is 9.87. The number of carbonyl (C=O) groups is 2. The normalized spacial score (nSPS) is 18.8. The first-order valence-electron chi connectivity index (χ1n) is 13.0. The maximum atomic E-state index is 13.4. The summed E-state index contributed by atoms with van der Waals surface area (Å²) in [5.41, 5.74) is 4.86. The molecule has 4 rings (SSSR count). The van der Waals surface area contributed by atoms with Crippen molar-refractivity contribution in [3.05, 3.63) is 89.0 Å². The standard InChI is InChI=1S/C32H34N2O4/c1-22-23(2)29(17-16-28(22)26-14-12-25(20-33)13-15-26)38-21-27-19-32(3,31(36)37-4)30(35)34(27)18-8-11-24-9-6-5-7-10-24/h5-7,9-10,12-17,27H,8,11,18-19,21H2,1-4H3/t27-,32-/m0/s1. The van der Waals surface area contributed by atoms with Crippen molar-refractivity contribution in [1.82, 2.24) is 4.90 Å². The summed E-state index contributed by atoms with van der Waals surface area (Å²) < 4.78 is 11.3. The van der Waals surface area contributed by atoms with E-state index in [0.29, 0.717) is 25.1 Å². The second-order valence-corrected chi connectivity index (χ2v) is 10.1. The van der Waals surface area contributed by atoms with Gasteiger partial charge in [-0.3, -0.25) is 9.59 Å². The molecule has 3 aromatic rings. The molecule has 0 spiro atoms. The van der Waals surface area contributed by atoms with Crippen molar-refractivity contribution in [3.8, 4) is 22.9 Å². The van der Waals surface area contributed by atoms with Crippen LogP contribution in [0.3, 0.4) is 0 Å². The average molecular weight is 511 g/mol. The van der Waals surface area contributed by atoms with Crippen molar-refractivity contribution >= 4 is 11.9 Å². The molecule has 1 heterocycles. The Morgan fingerprint density at radius 2 is 1.76 bits per heavy atom. The van der Waals surface area contributed by atoms with Gasteiger partial charge in [0.15, 0.2) is 0 Å². The van der Waals surface area contributed by atoms with Gasteiger partial charge in [-0.1, -0.05) is 48.5 Å². The highest BCUT2D eigenvalue weighted by atomic mass is 16.5. The van der Waals surface area contributed by atoms with E-state index in [9.17, 15) is 9.59 Å². The number of methoxy groups -OCH3 is 1. The molecule has 3 aromatic carbocycles. The van der Waals surface area contributed by atoms with Gasteiger partial charge in [-0.15, -0.1) is 0 Å². The number of rotatable bonds is 9. The molecule has 2 atom stereocenters. The van der Waals surface area contributed by atoms with Gasteiger partial charge in [0, 0.05) is 6.54 Å². The molecule has 6 nitrogen and oxygen atoms in total. The summed E-state index contributed by atoms with van der Waals surface area (Å²) in [6.45, 7) is 6.59. The lowest BCUT2D eigenvalue weighted by Crippen LogP contribution is -2.41. The molecule has 0 radical (unpaired) electrons. The Morgan fingerprint density at radius 1 is 1.05 bits per heavy atom. The van der Waals surface area contributed by atoms with Crippen LogP contribution in [0.1, 0.15) is 42.0 Å². The van der Waals surface area contributed by atoms with E-state index in [1.165, 1.54) is 12.7 Å². The Bertz CT molecular complexity index is 1340. The Labute approximate surface area is 224 Å². The van der Waals surface area contributed by atoms with Gasteiger partial charge < -0.3 is 14.4 Å². The number of esters is 1. The van der Waals surface area contributed by atoms with Crippen LogP contribution in [-0.2, 0) is 20.7 Å². The third-order valence-corrected chi connectivity index (χ3v) is 7.65. The van der Waals surface area contributed by atoms with Gasteiger partial charge in [-0.05, 0) is 86.1 Å². The number of nitrogens with zero attached hydrogens (tertiary/aromatic N) is 2. The number of amides is 1. The Morgan fingerprint density at radius 3 is 2.42 bits per heavy atom. The number of hydrogen-bond acceptors (Lipinski definition) is 5. The maximum Gasteiger partial charge on any atom is 0.321 e. The number of hydrogen-bond donors (Lipinski definition) is 0. The molecule has 38 heavy (non-hydrogen) atoms. The van der Waals surface area contributed by atoms with Crippen LogP contribution in [0.15, 0.2) is 66.7 Å². The molecule has 0 unspecified atom stereocenters. The minimum absolute atomic E-state index is 0.199. The van der Waals surface area contributed by atoms with E-state index < -0.39 is 11.4 Å². The first-order valence-corrected chi connectivity index (χ1v) is 13.0. The van der Waals surface area contributed by atoms with Crippen LogP contribution in [0.4, 0.5) is 0 Å². The molecule has 0 aliphatic carbocycles. The molecular formula is C32H34N2O4. The number of ether oxygens (including phenoxy) is 2. The third-order valence-electron chi connectivity index (χ3n) is 7.65. The molecule has 1 amide bonds. The van der Waals surface area contributed by atoms with Gasteiger partial charge in [0.2, 0.25) is 5.91 Å². The number of benzene rings is 3. The average Bonchev–Trinajstić information content (AvgIpc) is 3.19. The SMILES string of the molecule is COC(=O)[C@@]1(C)C[C@@H](COc2ccc(-c3ccc(C#N)cc3)c(C)c2C)N(CCCc2ccccc2)C1=O. The number of aryl methyl sites for hydroxylation is 1. The van der Waals surface area contributed by atoms with Crippen LogP contribution in [0.2, 0.25) is 0 Å². The number of carbonyl (C=O) groups excluding carboxylic acids is 2. The highest BCUT2D eigenvalue weighted by Gasteiger charge is 2.54. The minimum atomic E-state index is -1.21. The van der Waals surface area contributed by atoms with E-state index in [4.69, 9.17) is 14.7 Å². The fourth-order valence-corrected chi connectivity index (χ4v) is 5.25. The smallest absolute Gasteiger partial charge is 0.321 e. The second-order valence-electron chi connectivity index (χ2n) is 10.1. The lowest BCUT2D eigenvalue weighted by Gasteiger charge is -2.26.